The summed E-state index contributed by atoms with van der Waals surface area (Å²) in [6.45, 7) is -1.07. The number of methoxy groups -OCH3 is 1. The van der Waals surface area contributed by atoms with Gasteiger partial charge in [-0.05, 0) is 60.7 Å². The van der Waals surface area contributed by atoms with Crippen LogP contribution >= 0.6 is 31.9 Å². The number of ether oxygens (including phenoxy) is 3. The average Bonchev–Trinajstić information content (AvgIpc) is 3.53. The molecule has 2 saturated carbocycles. The third-order valence-corrected chi connectivity index (χ3v) is 10.6. The number of imide groups is 1. The van der Waals surface area contributed by atoms with Gasteiger partial charge in [0.1, 0.15) is 18.0 Å². The summed E-state index contributed by atoms with van der Waals surface area (Å²) >= 11 is 7.25. The molecule has 0 N–H and O–H groups in total. The number of fused-ring (bicyclic) bond motifs is 5. The highest BCUT2D eigenvalue weighted by Crippen LogP contribution is 2.60. The van der Waals surface area contributed by atoms with Crippen molar-refractivity contribution in [3.05, 3.63) is 59.7 Å². The van der Waals surface area contributed by atoms with Crippen LogP contribution in [0.4, 0.5) is 0 Å². The smallest absolute Gasteiger partial charge is 0.343 e. The average molecular weight is 649 g/mol. The molecule has 2 aromatic carbocycles. The number of alkyl halides is 2. The number of nitrogens with zero attached hydrogens (tertiary/aromatic N) is 1. The lowest BCUT2D eigenvalue weighted by molar-refractivity contribution is -0.152. The first-order chi connectivity index (χ1) is 18.2. The molecule has 1 saturated heterocycles. The predicted octanol–water partition coefficient (Wildman–Crippen LogP) is 3.42. The molecule has 6 atom stereocenters. The first-order valence-corrected chi connectivity index (χ1v) is 13.8. The topological polar surface area (TPSA) is 116 Å². The minimum atomic E-state index is -0.831. The van der Waals surface area contributed by atoms with Crippen LogP contribution in [0.1, 0.15) is 27.1 Å². The highest BCUT2D eigenvalue weighted by atomic mass is 79.9. The van der Waals surface area contributed by atoms with E-state index in [4.69, 9.17) is 14.2 Å². The van der Waals surface area contributed by atoms with Gasteiger partial charge in [0.15, 0.2) is 12.4 Å². The quantitative estimate of drug-likeness (QED) is 0.141. The molecular weight excluding hydrogens is 626 g/mol. The van der Waals surface area contributed by atoms with Gasteiger partial charge in [0.25, 0.3) is 0 Å². The maximum Gasteiger partial charge on any atom is 0.343 e. The standard InChI is InChI=1S/C27H23Br2NO8/c1-36-16-4-2-3-14(9-16)27(35)38-15-7-5-13(6-8-15)19(31)12-37-20(32)11-30-25(33)21-17-10-18(22(21)26(30)34)24(29)23(17)28/h2-9,17-18,21-24H,10-12H2,1H3. The van der Waals surface area contributed by atoms with Crippen LogP contribution < -0.4 is 9.47 Å². The van der Waals surface area contributed by atoms with Crippen molar-refractivity contribution in [1.82, 2.24) is 4.90 Å². The summed E-state index contributed by atoms with van der Waals surface area (Å²) in [5, 5.41) is 0. The highest BCUT2D eigenvalue weighted by Gasteiger charge is 2.66. The molecular formula is C27H23Br2NO8. The number of hydrogen-bond donors (Lipinski definition) is 0. The molecule has 11 heteroatoms. The highest BCUT2D eigenvalue weighted by molar-refractivity contribution is 9.12. The first kappa shape index (κ1) is 26.6. The Balaban J connectivity index is 1.13. The van der Waals surface area contributed by atoms with Crippen molar-refractivity contribution >= 4 is 61.4 Å². The molecule has 0 radical (unpaired) electrons. The third kappa shape index (κ3) is 4.77. The number of likely N-dealkylation sites (tertiary alicyclic amines) is 1. The number of carbonyl (C=O) groups excluding carboxylic acids is 5. The van der Waals surface area contributed by atoms with Crippen molar-refractivity contribution in [1.29, 1.82) is 0 Å². The maximum absolute atomic E-state index is 12.9. The lowest BCUT2D eigenvalue weighted by Crippen LogP contribution is -2.38. The van der Waals surface area contributed by atoms with Gasteiger partial charge in [0.05, 0.1) is 24.5 Å². The van der Waals surface area contributed by atoms with E-state index in [0.717, 1.165) is 11.3 Å². The fraction of sp³-hybridized carbons (Fsp3) is 0.370. The maximum atomic E-state index is 12.9. The Morgan fingerprint density at radius 1 is 0.895 bits per heavy atom. The van der Waals surface area contributed by atoms with E-state index in [2.05, 4.69) is 31.9 Å². The zero-order valence-corrected chi connectivity index (χ0v) is 23.3. The molecule has 1 heterocycles. The first-order valence-electron chi connectivity index (χ1n) is 12.0. The molecule has 0 aromatic heterocycles. The van der Waals surface area contributed by atoms with Crippen LogP contribution in [-0.4, -0.2) is 64.4 Å². The minimum absolute atomic E-state index is 0.0474. The van der Waals surface area contributed by atoms with Crippen molar-refractivity contribution < 1.29 is 38.2 Å². The van der Waals surface area contributed by atoms with Gasteiger partial charge in [0.2, 0.25) is 11.8 Å². The molecule has 3 aliphatic rings. The summed E-state index contributed by atoms with van der Waals surface area (Å²) in [6, 6.07) is 12.3. The molecule has 3 fully saturated rings. The second-order valence-corrected chi connectivity index (χ2v) is 11.6. The van der Waals surface area contributed by atoms with Crippen LogP contribution in [0.15, 0.2) is 48.5 Å². The molecule has 1 aliphatic heterocycles. The van der Waals surface area contributed by atoms with E-state index in [1.165, 1.54) is 31.4 Å². The van der Waals surface area contributed by atoms with Gasteiger partial charge in [-0.2, -0.15) is 0 Å². The molecule has 198 valence electrons. The summed E-state index contributed by atoms with van der Waals surface area (Å²) in [5.74, 6) is -2.59. The van der Waals surface area contributed by atoms with Gasteiger partial charge >= 0.3 is 11.9 Å². The Bertz CT molecular complexity index is 1280. The van der Waals surface area contributed by atoms with Crippen LogP contribution in [0.25, 0.3) is 0 Å². The normalized spacial score (nSPS) is 27.3. The molecule has 5 rings (SSSR count). The van der Waals surface area contributed by atoms with Crippen LogP contribution in [0.3, 0.4) is 0 Å². The van der Waals surface area contributed by atoms with E-state index in [1.807, 2.05) is 0 Å². The molecule has 2 aromatic rings. The number of ketones is 1. The predicted molar refractivity (Wildman–Crippen MR) is 140 cm³/mol. The van der Waals surface area contributed by atoms with Gasteiger partial charge in [-0.25, -0.2) is 4.79 Å². The third-order valence-electron chi connectivity index (χ3n) is 7.42. The molecule has 2 aliphatic carbocycles. The number of halogens is 2. The van der Waals surface area contributed by atoms with E-state index in [1.54, 1.807) is 24.3 Å². The van der Waals surface area contributed by atoms with E-state index in [-0.39, 0.29) is 44.6 Å². The van der Waals surface area contributed by atoms with Crippen LogP contribution in [0.2, 0.25) is 0 Å². The van der Waals surface area contributed by atoms with Gasteiger partial charge < -0.3 is 14.2 Å². The number of amides is 2. The van der Waals surface area contributed by atoms with Crippen LogP contribution in [0, 0.1) is 23.7 Å². The van der Waals surface area contributed by atoms with Crippen molar-refractivity contribution in [3.63, 3.8) is 0 Å². The van der Waals surface area contributed by atoms with Crippen molar-refractivity contribution in [2.24, 2.45) is 23.7 Å². The van der Waals surface area contributed by atoms with Crippen molar-refractivity contribution in [3.8, 4) is 11.5 Å². The number of Topliss-reactive ketones (excluding diaryl/α,β-unsaturated/α-hetero) is 1. The number of rotatable bonds is 8. The van der Waals surface area contributed by atoms with E-state index in [0.29, 0.717) is 11.3 Å². The van der Waals surface area contributed by atoms with Gasteiger partial charge in [0, 0.05) is 15.2 Å². The summed E-state index contributed by atoms with van der Waals surface area (Å²) in [6.07, 6.45) is 0.796. The molecule has 2 amide bonds. The minimum Gasteiger partial charge on any atom is -0.497 e. The summed E-state index contributed by atoms with van der Waals surface area (Å²) in [5.41, 5.74) is 0.548. The van der Waals surface area contributed by atoms with Crippen molar-refractivity contribution in [2.45, 2.75) is 16.1 Å². The Kier molecular flexibility index (Phi) is 7.41. The Morgan fingerprint density at radius 3 is 2.13 bits per heavy atom. The number of carbonyl (C=O) groups is 5. The molecule has 0 spiro atoms. The van der Waals surface area contributed by atoms with Gasteiger partial charge in [-0.3, -0.25) is 24.1 Å². The van der Waals surface area contributed by atoms with E-state index >= 15 is 0 Å². The Labute approximate surface area is 235 Å². The lowest BCUT2D eigenvalue weighted by Gasteiger charge is -2.28. The molecule has 6 unspecified atom stereocenters. The zero-order chi connectivity index (χ0) is 27.1. The fourth-order valence-corrected chi connectivity index (χ4v) is 7.47. The Morgan fingerprint density at radius 2 is 1.53 bits per heavy atom. The molecule has 9 nitrogen and oxygen atoms in total. The second-order valence-electron chi connectivity index (χ2n) is 9.50. The summed E-state index contributed by atoms with van der Waals surface area (Å²) < 4.78 is 15.5. The number of esters is 2. The zero-order valence-electron chi connectivity index (χ0n) is 20.2. The summed E-state index contributed by atoms with van der Waals surface area (Å²) in [4.78, 5) is 64.3. The number of hydrogen-bond acceptors (Lipinski definition) is 8. The largest absolute Gasteiger partial charge is 0.497 e. The monoisotopic (exact) mass is 647 g/mol. The SMILES string of the molecule is COc1cccc(C(=O)Oc2ccc(C(=O)COC(=O)CN3C(=O)C4C5CC(C(Br)C5Br)C4C3=O)cc2)c1. The lowest BCUT2D eigenvalue weighted by atomic mass is 9.81. The van der Waals surface area contributed by atoms with Crippen molar-refractivity contribution in [2.75, 3.05) is 20.3 Å². The second kappa shape index (κ2) is 10.6. The van der Waals surface area contributed by atoms with Gasteiger partial charge in [-0.1, -0.05) is 37.9 Å². The van der Waals surface area contributed by atoms with Crippen LogP contribution in [0.5, 0.6) is 11.5 Å². The van der Waals surface area contributed by atoms with Crippen LogP contribution in [-0.2, 0) is 19.1 Å². The van der Waals surface area contributed by atoms with Gasteiger partial charge in [-0.15, -0.1) is 0 Å². The Hall–Kier alpha value is -3.05. The van der Waals surface area contributed by atoms with E-state index in [9.17, 15) is 24.0 Å². The number of benzene rings is 2. The molecule has 38 heavy (non-hydrogen) atoms. The summed E-state index contributed by atoms with van der Waals surface area (Å²) in [7, 11) is 1.49. The molecule has 2 bridgehead atoms. The fourth-order valence-electron chi connectivity index (χ4n) is 5.60. The van der Waals surface area contributed by atoms with E-state index < -0.39 is 42.7 Å².